The van der Waals surface area contributed by atoms with Crippen LogP contribution >= 0.6 is 7.52 Å². The van der Waals surface area contributed by atoms with Gasteiger partial charge >= 0.3 is 13.5 Å². The minimum Gasteiger partial charge on any atom is -0.480 e. The van der Waals surface area contributed by atoms with Gasteiger partial charge in [-0.1, -0.05) is 18.2 Å². The highest BCUT2D eigenvalue weighted by Gasteiger charge is 2.31. The molecule has 13 heteroatoms. The second-order valence-corrected chi connectivity index (χ2v) is 8.75. The molecule has 3 atom stereocenters. The number of nitrogens with zero attached hydrogens (tertiary/aromatic N) is 4. The lowest BCUT2D eigenvalue weighted by molar-refractivity contribution is -0.138. The molecule has 1 aromatic carbocycles. The van der Waals surface area contributed by atoms with Gasteiger partial charge in [-0.05, 0) is 26.0 Å². The van der Waals surface area contributed by atoms with Crippen molar-refractivity contribution in [3.05, 3.63) is 43.0 Å². The zero-order valence-electron chi connectivity index (χ0n) is 17.0. The molecule has 0 aliphatic carbocycles. The number of hydrogen-bond acceptors (Lipinski definition) is 8. The van der Waals surface area contributed by atoms with E-state index in [2.05, 4.69) is 20.0 Å². The molecule has 6 N–H and O–H groups in total. The Bertz CT molecular complexity index is 1060. The first kappa shape index (κ1) is 24.2. The Labute approximate surface area is 178 Å². The fourth-order valence-corrected chi connectivity index (χ4v) is 4.47. The molecule has 168 valence electrons. The molecule has 31 heavy (non-hydrogen) atoms. The number of hydrogen-bond donors (Lipinski definition) is 3. The van der Waals surface area contributed by atoms with Crippen LogP contribution in [0.2, 0.25) is 0 Å². The number of fused-ring (bicyclic) bond motifs is 1. The van der Waals surface area contributed by atoms with Gasteiger partial charge in [0.05, 0.1) is 19.0 Å². The van der Waals surface area contributed by atoms with E-state index in [-0.39, 0.29) is 17.6 Å². The molecule has 0 bridgehead atoms. The quantitative estimate of drug-likeness (QED) is 0.378. The van der Waals surface area contributed by atoms with Gasteiger partial charge in [-0.15, -0.1) is 0 Å². The molecule has 2 heterocycles. The lowest BCUT2D eigenvalue weighted by Crippen LogP contribution is -2.34. The summed E-state index contributed by atoms with van der Waals surface area (Å²) in [5.41, 5.74) is 6.83. The van der Waals surface area contributed by atoms with Crippen LogP contribution in [0.15, 0.2) is 43.0 Å². The number of para-hydroxylation sites is 1. The van der Waals surface area contributed by atoms with Gasteiger partial charge in [0, 0.05) is 0 Å². The smallest absolute Gasteiger partial charge is 0.342 e. The molecule has 12 nitrogen and oxygen atoms in total. The molecule has 3 unspecified atom stereocenters. The summed E-state index contributed by atoms with van der Waals surface area (Å²) in [5, 5.41) is 11.7. The van der Waals surface area contributed by atoms with Crippen LogP contribution in [0, 0.1) is 0 Å². The summed E-state index contributed by atoms with van der Waals surface area (Å²) in [5.74, 6) is -0.531. The van der Waals surface area contributed by atoms with E-state index >= 15 is 0 Å². The first-order valence-corrected chi connectivity index (χ1v) is 11.0. The van der Waals surface area contributed by atoms with Gasteiger partial charge < -0.3 is 30.1 Å². The van der Waals surface area contributed by atoms with Crippen molar-refractivity contribution < 1.29 is 29.2 Å². The average Bonchev–Trinajstić information content (AvgIpc) is 3.11. The number of anilines is 1. The van der Waals surface area contributed by atoms with Crippen LogP contribution in [-0.2, 0) is 20.6 Å². The highest BCUT2D eigenvalue weighted by Crippen LogP contribution is 2.43. The van der Waals surface area contributed by atoms with Gasteiger partial charge in [-0.25, -0.2) is 20.0 Å². The van der Waals surface area contributed by atoms with E-state index in [0.717, 1.165) is 0 Å². The van der Waals surface area contributed by atoms with Crippen molar-refractivity contribution in [2.24, 2.45) is 0 Å². The Hall–Kier alpha value is -3.05. The van der Waals surface area contributed by atoms with E-state index in [1.807, 2.05) is 0 Å². The molecule has 0 aliphatic rings. The number of carboxylic acid groups (broad SMARTS) is 1. The molecule has 0 saturated heterocycles. The molecule has 0 saturated carbocycles. The Kier molecular flexibility index (Phi) is 8.06. The highest BCUT2D eigenvalue weighted by molar-refractivity contribution is 7.57. The maximum atomic E-state index is 13.3. The fraction of sp³-hybridized carbons (Fsp3) is 0.333. The number of aliphatic carboxylic acids is 1. The van der Waals surface area contributed by atoms with Crippen molar-refractivity contribution in [1.82, 2.24) is 24.6 Å². The number of nitrogen functional groups attached to an aromatic ring is 1. The van der Waals surface area contributed by atoms with Crippen LogP contribution in [0.5, 0.6) is 5.75 Å². The van der Waals surface area contributed by atoms with Crippen LogP contribution < -0.4 is 15.3 Å². The predicted molar refractivity (Wildman–Crippen MR) is 114 cm³/mol. The topological polar surface area (TPSA) is 186 Å². The van der Waals surface area contributed by atoms with Gasteiger partial charge in [0.25, 0.3) is 0 Å². The zero-order chi connectivity index (χ0) is 21.7. The van der Waals surface area contributed by atoms with Gasteiger partial charge in [0.2, 0.25) is 0 Å². The second-order valence-electron chi connectivity index (χ2n) is 6.70. The summed E-state index contributed by atoms with van der Waals surface area (Å²) in [6.45, 7) is 3.52. The lowest BCUT2D eigenvalue weighted by atomic mass is 10.3. The monoisotopic (exact) mass is 452 g/mol. The standard InChI is InChI=1S/C18H23N6O5P.H2O/c1-12(8-24-10-22-15-16(19)20-9-21-17(15)24)28-11-30(27,23-13(2)18(25)26)29-14-6-4-3-5-7-14;/h3-7,9-10,12-13H,8,11H2,1-2H3,(H,23,27)(H,25,26)(H2,19,20,21);1H2. The third kappa shape index (κ3) is 6.22. The Balaban J connectivity index is 0.00000341. The molecule has 0 fully saturated rings. The number of aromatic nitrogens is 4. The van der Waals surface area contributed by atoms with E-state index in [4.69, 9.17) is 15.0 Å². The van der Waals surface area contributed by atoms with E-state index in [9.17, 15) is 14.5 Å². The molecule has 0 amide bonds. The molecule has 0 aliphatic heterocycles. The Morgan fingerprint density at radius 2 is 1.97 bits per heavy atom. The van der Waals surface area contributed by atoms with Crippen molar-refractivity contribution in [3.63, 3.8) is 0 Å². The van der Waals surface area contributed by atoms with Crippen molar-refractivity contribution in [2.75, 3.05) is 12.1 Å². The fourth-order valence-electron chi connectivity index (χ4n) is 2.68. The largest absolute Gasteiger partial charge is 0.480 e. The van der Waals surface area contributed by atoms with E-state index in [1.54, 1.807) is 48.1 Å². The molecular formula is C18H25N6O6P. The predicted octanol–water partition coefficient (Wildman–Crippen LogP) is 1.28. The number of nitrogens with two attached hydrogens (primary N) is 1. The Morgan fingerprint density at radius 1 is 1.26 bits per heavy atom. The number of imidazole rings is 1. The molecule has 3 aromatic rings. The summed E-state index contributed by atoms with van der Waals surface area (Å²) in [6, 6.07) is 7.41. The molecule has 0 spiro atoms. The summed E-state index contributed by atoms with van der Waals surface area (Å²) in [7, 11) is -3.67. The van der Waals surface area contributed by atoms with Crippen molar-refractivity contribution in [3.8, 4) is 5.75 Å². The van der Waals surface area contributed by atoms with Gasteiger partial charge in [0.15, 0.2) is 11.5 Å². The maximum absolute atomic E-state index is 13.3. The van der Waals surface area contributed by atoms with Crippen LogP contribution in [0.25, 0.3) is 11.2 Å². The summed E-state index contributed by atoms with van der Waals surface area (Å²) in [6.07, 6.45) is 2.18. The SMILES string of the molecule is CC(Cn1cnc2c(N)ncnc21)OCP(=O)(NC(C)C(=O)O)Oc1ccccc1.O. The van der Waals surface area contributed by atoms with Crippen molar-refractivity contribution in [1.29, 1.82) is 0 Å². The average molecular weight is 452 g/mol. The minimum atomic E-state index is -3.67. The second kappa shape index (κ2) is 10.3. The van der Waals surface area contributed by atoms with Gasteiger partial charge in [0.1, 0.15) is 30.0 Å². The van der Waals surface area contributed by atoms with E-state index in [0.29, 0.717) is 23.5 Å². The molecule has 2 aromatic heterocycles. The number of carboxylic acids is 1. The van der Waals surface area contributed by atoms with Crippen LogP contribution in [-0.4, -0.2) is 54.6 Å². The highest BCUT2D eigenvalue weighted by atomic mass is 31.2. The third-order valence-corrected chi connectivity index (χ3v) is 5.94. The first-order chi connectivity index (χ1) is 14.3. The molecule has 0 radical (unpaired) electrons. The van der Waals surface area contributed by atoms with Gasteiger partial charge in [-0.2, -0.15) is 0 Å². The maximum Gasteiger partial charge on any atom is 0.342 e. The Morgan fingerprint density at radius 3 is 2.65 bits per heavy atom. The van der Waals surface area contributed by atoms with E-state index in [1.165, 1.54) is 13.3 Å². The number of ether oxygens (including phenoxy) is 1. The third-order valence-electron chi connectivity index (χ3n) is 4.17. The number of nitrogens with one attached hydrogen (secondary N) is 1. The first-order valence-electron chi connectivity index (χ1n) is 9.14. The zero-order valence-corrected chi connectivity index (χ0v) is 17.9. The van der Waals surface area contributed by atoms with Crippen molar-refractivity contribution in [2.45, 2.75) is 32.5 Å². The summed E-state index contributed by atoms with van der Waals surface area (Å²) >= 11 is 0. The van der Waals surface area contributed by atoms with Crippen LogP contribution in [0.3, 0.4) is 0 Å². The summed E-state index contributed by atoms with van der Waals surface area (Å²) in [4.78, 5) is 23.5. The number of carbonyl (C=O) groups is 1. The normalized spacial score (nSPS) is 14.9. The van der Waals surface area contributed by atoms with E-state index < -0.39 is 25.6 Å². The minimum absolute atomic E-state index is 0. The summed E-state index contributed by atoms with van der Waals surface area (Å²) < 4.78 is 26.4. The van der Waals surface area contributed by atoms with Crippen LogP contribution in [0.4, 0.5) is 5.82 Å². The van der Waals surface area contributed by atoms with Gasteiger partial charge in [-0.3, -0.25) is 9.36 Å². The van der Waals surface area contributed by atoms with Crippen LogP contribution in [0.1, 0.15) is 13.8 Å². The molecule has 3 rings (SSSR count). The molecular weight excluding hydrogens is 427 g/mol. The lowest BCUT2D eigenvalue weighted by Gasteiger charge is -2.24. The number of rotatable bonds is 10. The number of benzene rings is 1. The van der Waals surface area contributed by atoms with Crippen molar-refractivity contribution >= 4 is 30.5 Å².